The van der Waals surface area contributed by atoms with Crippen molar-refractivity contribution in [2.75, 3.05) is 17.7 Å². The Hall–Kier alpha value is -1.66. The van der Waals surface area contributed by atoms with Gasteiger partial charge in [0.15, 0.2) is 0 Å². The van der Waals surface area contributed by atoms with Crippen molar-refractivity contribution in [2.45, 2.75) is 0 Å². The number of hydrogen-bond donors (Lipinski definition) is 2. The van der Waals surface area contributed by atoms with Gasteiger partial charge in [-0.05, 0) is 18.2 Å². The molecule has 1 aromatic carbocycles. The van der Waals surface area contributed by atoms with E-state index in [1.54, 1.807) is 31.3 Å². The summed E-state index contributed by atoms with van der Waals surface area (Å²) >= 11 is 7.00. The molecule has 2 rings (SSSR count). The molecule has 2 aromatic rings. The van der Waals surface area contributed by atoms with Crippen LogP contribution in [-0.4, -0.2) is 23.2 Å². The minimum atomic E-state index is -0.300. The normalized spacial score (nSPS) is 10.0. The number of benzene rings is 1. The van der Waals surface area contributed by atoms with Gasteiger partial charge >= 0.3 is 0 Å². The molecule has 0 aliphatic carbocycles. The van der Waals surface area contributed by atoms with Crippen molar-refractivity contribution in [2.24, 2.45) is 0 Å². The summed E-state index contributed by atoms with van der Waals surface area (Å²) < 4.78 is 0. The van der Waals surface area contributed by atoms with E-state index in [9.17, 15) is 4.79 Å². The molecule has 2 N–H and O–H groups in total. The van der Waals surface area contributed by atoms with E-state index in [1.807, 2.05) is 0 Å². The van der Waals surface area contributed by atoms with Crippen LogP contribution in [0.15, 0.2) is 24.3 Å². The number of rotatable bonds is 3. The molecule has 0 saturated heterocycles. The zero-order valence-electron chi connectivity index (χ0n) is 8.90. The van der Waals surface area contributed by atoms with E-state index in [0.29, 0.717) is 20.8 Å². The highest BCUT2D eigenvalue weighted by Crippen LogP contribution is 2.18. The molecule has 0 fully saturated rings. The fourth-order valence-corrected chi connectivity index (χ4v) is 1.95. The van der Waals surface area contributed by atoms with Crippen LogP contribution < -0.4 is 10.6 Å². The third kappa shape index (κ3) is 2.92. The van der Waals surface area contributed by atoms with Crippen molar-refractivity contribution in [1.29, 1.82) is 0 Å². The van der Waals surface area contributed by atoms with Gasteiger partial charge in [0.25, 0.3) is 5.91 Å². The van der Waals surface area contributed by atoms with Crippen molar-refractivity contribution < 1.29 is 4.79 Å². The summed E-state index contributed by atoms with van der Waals surface area (Å²) in [5.74, 6) is -0.300. The van der Waals surface area contributed by atoms with Crippen LogP contribution in [0.3, 0.4) is 0 Å². The number of carbonyl (C=O) groups excluding carboxylic acids is 1. The van der Waals surface area contributed by atoms with Gasteiger partial charge in [-0.25, -0.2) is 0 Å². The van der Waals surface area contributed by atoms with Gasteiger partial charge in [-0.3, -0.25) is 4.79 Å². The van der Waals surface area contributed by atoms with Crippen LogP contribution in [0, 0.1) is 0 Å². The number of nitrogens with one attached hydrogen (secondary N) is 2. The summed E-state index contributed by atoms with van der Waals surface area (Å²) in [6.45, 7) is 0. The number of carbonyl (C=O) groups is 1. The molecular weight excluding hydrogens is 260 g/mol. The lowest BCUT2D eigenvalue weighted by Gasteiger charge is -2.02. The molecule has 1 aromatic heterocycles. The van der Waals surface area contributed by atoms with Gasteiger partial charge in [0.05, 0.1) is 0 Å². The average Bonchev–Trinajstić information content (AvgIpc) is 2.77. The van der Waals surface area contributed by atoms with E-state index in [0.717, 1.165) is 0 Å². The molecule has 0 aliphatic heterocycles. The van der Waals surface area contributed by atoms with Gasteiger partial charge in [0, 0.05) is 17.8 Å². The van der Waals surface area contributed by atoms with Gasteiger partial charge in [-0.2, -0.15) is 0 Å². The van der Waals surface area contributed by atoms with Crippen molar-refractivity contribution in [3.8, 4) is 0 Å². The summed E-state index contributed by atoms with van der Waals surface area (Å²) in [6, 6.07) is 6.92. The Bertz CT molecular complexity index is 543. The number of aromatic nitrogens is 2. The van der Waals surface area contributed by atoms with E-state index >= 15 is 0 Å². The second-order valence-corrected chi connectivity index (χ2v) is 4.54. The quantitative estimate of drug-likeness (QED) is 0.897. The van der Waals surface area contributed by atoms with Crippen molar-refractivity contribution >= 4 is 39.7 Å². The van der Waals surface area contributed by atoms with Crippen LogP contribution in [0.4, 0.5) is 10.8 Å². The molecule has 17 heavy (non-hydrogen) atoms. The summed E-state index contributed by atoms with van der Waals surface area (Å²) in [7, 11) is 1.72. The zero-order valence-corrected chi connectivity index (χ0v) is 10.5. The van der Waals surface area contributed by atoms with Gasteiger partial charge < -0.3 is 10.6 Å². The van der Waals surface area contributed by atoms with E-state index in [-0.39, 0.29) is 5.91 Å². The summed E-state index contributed by atoms with van der Waals surface area (Å²) in [6.07, 6.45) is 0. The minimum Gasteiger partial charge on any atom is -0.363 e. The molecule has 0 bridgehead atoms. The number of halogens is 1. The van der Waals surface area contributed by atoms with Gasteiger partial charge in [-0.15, -0.1) is 10.2 Å². The molecule has 1 amide bonds. The molecule has 0 aliphatic rings. The molecule has 0 radical (unpaired) electrons. The highest BCUT2D eigenvalue weighted by atomic mass is 35.5. The van der Waals surface area contributed by atoms with Gasteiger partial charge in [0.1, 0.15) is 0 Å². The van der Waals surface area contributed by atoms with E-state index in [2.05, 4.69) is 20.8 Å². The minimum absolute atomic E-state index is 0.300. The van der Waals surface area contributed by atoms with Crippen LogP contribution in [-0.2, 0) is 0 Å². The third-order valence-electron chi connectivity index (χ3n) is 1.92. The third-order valence-corrected chi connectivity index (χ3v) is 3.09. The molecule has 7 heteroatoms. The Balaban J connectivity index is 2.11. The van der Waals surface area contributed by atoms with Crippen molar-refractivity contribution in [3.63, 3.8) is 0 Å². The monoisotopic (exact) mass is 268 g/mol. The lowest BCUT2D eigenvalue weighted by Crippen LogP contribution is -2.11. The summed E-state index contributed by atoms with van der Waals surface area (Å²) in [5, 5.41) is 14.5. The smallest absolute Gasteiger partial charge is 0.286 e. The first-order valence-electron chi connectivity index (χ1n) is 4.77. The Morgan fingerprint density at radius 3 is 2.88 bits per heavy atom. The maximum absolute atomic E-state index is 11.8. The lowest BCUT2D eigenvalue weighted by atomic mass is 10.3. The predicted molar refractivity (Wildman–Crippen MR) is 68.9 cm³/mol. The molecule has 0 saturated carbocycles. The molecule has 0 atom stereocenters. The number of nitrogens with zero attached hydrogens (tertiary/aromatic N) is 2. The second-order valence-electron chi connectivity index (χ2n) is 3.13. The molecule has 88 valence electrons. The molecule has 1 heterocycles. The zero-order chi connectivity index (χ0) is 12.3. The first-order valence-corrected chi connectivity index (χ1v) is 5.96. The Morgan fingerprint density at radius 2 is 2.24 bits per heavy atom. The van der Waals surface area contributed by atoms with Gasteiger partial charge in [0.2, 0.25) is 10.1 Å². The summed E-state index contributed by atoms with van der Waals surface area (Å²) in [5.41, 5.74) is 0.628. The number of amides is 1. The van der Waals surface area contributed by atoms with Crippen LogP contribution in [0.25, 0.3) is 0 Å². The highest BCUT2D eigenvalue weighted by Gasteiger charge is 2.12. The van der Waals surface area contributed by atoms with E-state index in [1.165, 1.54) is 11.3 Å². The maximum atomic E-state index is 11.8. The van der Waals surface area contributed by atoms with Crippen LogP contribution in [0.1, 0.15) is 9.80 Å². The first kappa shape index (κ1) is 11.8. The Kier molecular flexibility index (Phi) is 3.55. The van der Waals surface area contributed by atoms with Crippen LogP contribution >= 0.6 is 22.9 Å². The fourth-order valence-electron chi connectivity index (χ4n) is 1.17. The fraction of sp³-hybridized carbons (Fsp3) is 0.100. The van der Waals surface area contributed by atoms with Crippen molar-refractivity contribution in [3.05, 3.63) is 34.3 Å². The second kappa shape index (κ2) is 5.11. The number of hydrogen-bond acceptors (Lipinski definition) is 5. The number of anilines is 2. The predicted octanol–water partition coefficient (Wildman–Crippen LogP) is 2.49. The molecule has 5 nitrogen and oxygen atoms in total. The molecular formula is C10H9ClN4OS. The molecule has 0 unspecified atom stereocenters. The standard InChI is InChI=1S/C10H9ClN4OS/c1-12-10-15-14-9(17-10)8(16)13-7-4-2-3-6(11)5-7/h2-5H,1H3,(H,12,15)(H,13,16). The topological polar surface area (TPSA) is 66.9 Å². The van der Waals surface area contributed by atoms with E-state index in [4.69, 9.17) is 11.6 Å². The largest absolute Gasteiger partial charge is 0.363 e. The van der Waals surface area contributed by atoms with Crippen molar-refractivity contribution in [1.82, 2.24) is 10.2 Å². The van der Waals surface area contributed by atoms with Crippen LogP contribution in [0.2, 0.25) is 5.02 Å². The van der Waals surface area contributed by atoms with E-state index < -0.39 is 0 Å². The maximum Gasteiger partial charge on any atom is 0.286 e. The first-order chi connectivity index (χ1) is 8.19. The lowest BCUT2D eigenvalue weighted by molar-refractivity contribution is 0.102. The van der Waals surface area contributed by atoms with Gasteiger partial charge in [-0.1, -0.05) is 29.0 Å². The highest BCUT2D eigenvalue weighted by molar-refractivity contribution is 7.17. The van der Waals surface area contributed by atoms with Crippen LogP contribution in [0.5, 0.6) is 0 Å². The molecule has 0 spiro atoms. The Labute approximate surface area is 107 Å². The SMILES string of the molecule is CNc1nnc(C(=O)Nc2cccc(Cl)c2)s1. The Morgan fingerprint density at radius 1 is 1.41 bits per heavy atom. The summed E-state index contributed by atoms with van der Waals surface area (Å²) in [4.78, 5) is 11.8. The average molecular weight is 269 g/mol.